The van der Waals surface area contributed by atoms with Gasteiger partial charge in [-0.05, 0) is 24.3 Å². The van der Waals surface area contributed by atoms with Gasteiger partial charge in [-0.2, -0.15) is 5.10 Å². The van der Waals surface area contributed by atoms with Crippen LogP contribution in [0, 0.1) is 0 Å². The third kappa shape index (κ3) is 2.79. The average Bonchev–Trinajstić information content (AvgIpc) is 3.01. The summed E-state index contributed by atoms with van der Waals surface area (Å²) in [5, 5.41) is 13.7. The number of hydrogen-bond donors (Lipinski definition) is 2. The maximum Gasteiger partial charge on any atom is 0.265 e. The van der Waals surface area contributed by atoms with Gasteiger partial charge in [0.2, 0.25) is 0 Å². The molecule has 22 heavy (non-hydrogen) atoms. The molecule has 0 aliphatic carbocycles. The number of phenols is 1. The van der Waals surface area contributed by atoms with Gasteiger partial charge in [-0.1, -0.05) is 30.3 Å². The Morgan fingerprint density at radius 2 is 1.68 bits per heavy atom. The minimum Gasteiger partial charge on any atom is -0.506 e. The molecule has 3 aromatic rings. The lowest BCUT2D eigenvalue weighted by Crippen LogP contribution is -2.12. The summed E-state index contributed by atoms with van der Waals surface area (Å²) in [6.07, 6.45) is 2.67. The van der Waals surface area contributed by atoms with E-state index < -0.39 is 10.0 Å². The Morgan fingerprint density at radius 1 is 1.00 bits per heavy atom. The van der Waals surface area contributed by atoms with Crippen molar-refractivity contribution >= 4 is 15.7 Å². The molecule has 2 aromatic carbocycles. The van der Waals surface area contributed by atoms with Crippen LogP contribution in [0.1, 0.15) is 0 Å². The smallest absolute Gasteiger partial charge is 0.265 e. The maximum absolute atomic E-state index is 12.3. The first kappa shape index (κ1) is 14.2. The normalized spacial score (nSPS) is 11.3. The molecule has 0 saturated carbocycles. The molecule has 0 unspecified atom stereocenters. The van der Waals surface area contributed by atoms with Crippen molar-refractivity contribution in [2.24, 2.45) is 0 Å². The molecule has 0 bridgehead atoms. The quantitative estimate of drug-likeness (QED) is 0.724. The molecule has 1 aromatic heterocycles. The van der Waals surface area contributed by atoms with Gasteiger partial charge < -0.3 is 5.11 Å². The largest absolute Gasteiger partial charge is 0.506 e. The van der Waals surface area contributed by atoms with Gasteiger partial charge in [0.05, 0.1) is 23.8 Å². The SMILES string of the molecule is O=S(=O)(Nc1ccccc1O)c1cnn(-c2ccccc2)c1. The molecular weight excluding hydrogens is 302 g/mol. The maximum atomic E-state index is 12.3. The number of benzene rings is 2. The highest BCUT2D eigenvalue weighted by atomic mass is 32.2. The van der Waals surface area contributed by atoms with E-state index in [9.17, 15) is 13.5 Å². The first-order chi connectivity index (χ1) is 10.6. The number of sulfonamides is 1. The molecule has 0 fully saturated rings. The van der Waals surface area contributed by atoms with Crippen LogP contribution in [-0.4, -0.2) is 23.3 Å². The highest BCUT2D eigenvalue weighted by Crippen LogP contribution is 2.25. The van der Waals surface area contributed by atoms with E-state index in [1.807, 2.05) is 30.3 Å². The van der Waals surface area contributed by atoms with E-state index >= 15 is 0 Å². The first-order valence-corrected chi connectivity index (χ1v) is 7.95. The zero-order valence-electron chi connectivity index (χ0n) is 11.4. The Labute approximate surface area is 127 Å². The second kappa shape index (κ2) is 5.53. The molecule has 112 valence electrons. The molecular formula is C15H13N3O3S. The number of anilines is 1. The fraction of sp³-hybridized carbons (Fsp3) is 0. The van der Waals surface area contributed by atoms with Crippen molar-refractivity contribution in [3.8, 4) is 11.4 Å². The third-order valence-electron chi connectivity index (χ3n) is 3.04. The molecule has 0 saturated heterocycles. The van der Waals surface area contributed by atoms with Crippen LogP contribution in [0.3, 0.4) is 0 Å². The van der Waals surface area contributed by atoms with Crippen LogP contribution in [0.5, 0.6) is 5.75 Å². The lowest BCUT2D eigenvalue weighted by Gasteiger charge is -2.07. The number of nitrogens with one attached hydrogen (secondary N) is 1. The van der Waals surface area contributed by atoms with Crippen LogP contribution in [0.2, 0.25) is 0 Å². The van der Waals surface area contributed by atoms with Crippen molar-refractivity contribution in [3.63, 3.8) is 0 Å². The highest BCUT2D eigenvalue weighted by Gasteiger charge is 2.18. The Balaban J connectivity index is 1.91. The van der Waals surface area contributed by atoms with Crippen molar-refractivity contribution in [2.45, 2.75) is 4.90 Å². The summed E-state index contributed by atoms with van der Waals surface area (Å²) in [5.41, 5.74) is 0.876. The van der Waals surface area contributed by atoms with E-state index in [4.69, 9.17) is 0 Å². The van der Waals surface area contributed by atoms with E-state index in [1.165, 1.54) is 29.2 Å². The van der Waals surface area contributed by atoms with Crippen LogP contribution >= 0.6 is 0 Å². The summed E-state index contributed by atoms with van der Waals surface area (Å²) in [6.45, 7) is 0. The van der Waals surface area contributed by atoms with Gasteiger partial charge in [0.1, 0.15) is 10.6 Å². The predicted molar refractivity (Wildman–Crippen MR) is 82.5 cm³/mol. The first-order valence-electron chi connectivity index (χ1n) is 6.47. The summed E-state index contributed by atoms with van der Waals surface area (Å²) in [5.74, 6) is -0.137. The number of aromatic hydroxyl groups is 1. The monoisotopic (exact) mass is 315 g/mol. The number of phenolic OH excluding ortho intramolecular Hbond substituents is 1. The van der Waals surface area contributed by atoms with Crippen LogP contribution in [0.25, 0.3) is 5.69 Å². The number of aromatic nitrogens is 2. The summed E-state index contributed by atoms with van der Waals surface area (Å²) in [7, 11) is -3.82. The molecule has 0 amide bonds. The molecule has 3 rings (SSSR count). The predicted octanol–water partition coefficient (Wildman–Crippen LogP) is 2.38. The topological polar surface area (TPSA) is 84.2 Å². The van der Waals surface area contributed by atoms with E-state index in [1.54, 1.807) is 12.1 Å². The molecule has 2 N–H and O–H groups in total. The second-order valence-electron chi connectivity index (χ2n) is 4.58. The molecule has 0 spiro atoms. The van der Waals surface area contributed by atoms with Gasteiger partial charge in [-0.3, -0.25) is 4.72 Å². The summed E-state index contributed by atoms with van der Waals surface area (Å²) >= 11 is 0. The Bertz CT molecular complexity index is 889. The lowest BCUT2D eigenvalue weighted by atomic mass is 10.3. The van der Waals surface area contributed by atoms with Crippen LogP contribution in [0.4, 0.5) is 5.69 Å². The molecule has 0 atom stereocenters. The molecule has 1 heterocycles. The van der Waals surface area contributed by atoms with Gasteiger partial charge in [0, 0.05) is 0 Å². The Kier molecular flexibility index (Phi) is 3.56. The minimum atomic E-state index is -3.82. The molecule has 0 aliphatic heterocycles. The second-order valence-corrected chi connectivity index (χ2v) is 6.26. The van der Waals surface area contributed by atoms with Crippen molar-refractivity contribution in [3.05, 3.63) is 67.0 Å². The average molecular weight is 315 g/mol. The van der Waals surface area contributed by atoms with Crippen LogP contribution < -0.4 is 4.72 Å². The van der Waals surface area contributed by atoms with Crippen LogP contribution in [0.15, 0.2) is 71.9 Å². The van der Waals surface area contributed by atoms with Crippen molar-refractivity contribution in [1.29, 1.82) is 0 Å². The summed E-state index contributed by atoms with van der Waals surface area (Å²) < 4.78 is 28.5. The van der Waals surface area contributed by atoms with E-state index in [-0.39, 0.29) is 16.3 Å². The molecule has 0 radical (unpaired) electrons. The van der Waals surface area contributed by atoms with Crippen molar-refractivity contribution in [2.75, 3.05) is 4.72 Å². The van der Waals surface area contributed by atoms with Gasteiger partial charge in [0.25, 0.3) is 10.0 Å². The van der Waals surface area contributed by atoms with E-state index in [2.05, 4.69) is 9.82 Å². The van der Waals surface area contributed by atoms with Gasteiger partial charge in [-0.25, -0.2) is 13.1 Å². The lowest BCUT2D eigenvalue weighted by molar-refractivity contribution is 0.477. The fourth-order valence-corrected chi connectivity index (χ4v) is 2.94. The molecule has 6 nitrogen and oxygen atoms in total. The number of rotatable bonds is 4. The zero-order valence-corrected chi connectivity index (χ0v) is 12.2. The minimum absolute atomic E-state index is 0.0135. The standard InChI is InChI=1S/C15H13N3O3S/c19-15-9-5-4-8-14(15)17-22(20,21)13-10-16-18(11-13)12-6-2-1-3-7-12/h1-11,17,19H. The Morgan fingerprint density at radius 3 is 2.41 bits per heavy atom. The summed E-state index contributed by atoms with van der Waals surface area (Å²) in [6, 6.07) is 15.3. The number of nitrogens with zero attached hydrogens (tertiary/aromatic N) is 2. The van der Waals surface area contributed by atoms with Crippen LogP contribution in [-0.2, 0) is 10.0 Å². The van der Waals surface area contributed by atoms with Gasteiger partial charge >= 0.3 is 0 Å². The third-order valence-corrected chi connectivity index (χ3v) is 4.36. The summed E-state index contributed by atoms with van der Waals surface area (Å²) in [4.78, 5) is 0.0135. The van der Waals surface area contributed by atoms with E-state index in [0.717, 1.165) is 5.69 Å². The van der Waals surface area contributed by atoms with Gasteiger partial charge in [-0.15, -0.1) is 0 Å². The molecule has 7 heteroatoms. The van der Waals surface area contributed by atoms with Gasteiger partial charge in [0.15, 0.2) is 0 Å². The number of para-hydroxylation sites is 3. The molecule has 0 aliphatic rings. The Hall–Kier alpha value is -2.80. The zero-order chi connectivity index (χ0) is 15.6. The van der Waals surface area contributed by atoms with Crippen molar-refractivity contribution < 1.29 is 13.5 Å². The van der Waals surface area contributed by atoms with Crippen molar-refractivity contribution in [1.82, 2.24) is 9.78 Å². The fourth-order valence-electron chi connectivity index (χ4n) is 1.93. The van der Waals surface area contributed by atoms with E-state index in [0.29, 0.717) is 0 Å². The number of hydrogen-bond acceptors (Lipinski definition) is 4. The highest BCUT2D eigenvalue weighted by molar-refractivity contribution is 7.92.